The van der Waals surface area contributed by atoms with E-state index in [9.17, 15) is 4.79 Å². The summed E-state index contributed by atoms with van der Waals surface area (Å²) in [5.41, 5.74) is 0. The molecule has 0 aromatic heterocycles. The van der Waals surface area contributed by atoms with Crippen molar-refractivity contribution in [2.24, 2.45) is 0 Å². The van der Waals surface area contributed by atoms with Crippen molar-refractivity contribution in [2.75, 3.05) is 20.3 Å². The van der Waals surface area contributed by atoms with Gasteiger partial charge in [-0.15, -0.1) is 0 Å². The first-order valence-electron chi connectivity index (χ1n) is 4.07. The monoisotopic (exact) mass is 161 g/mol. The molecule has 68 valence electrons. The zero-order valence-electron chi connectivity index (χ0n) is 7.94. The Bertz CT molecular complexity index is 84.2. The van der Waals surface area contributed by atoms with Gasteiger partial charge in [0.15, 0.2) is 0 Å². The van der Waals surface area contributed by atoms with E-state index in [2.05, 4.69) is 5.32 Å². The molecule has 0 rings (SSSR count). The molecule has 0 unspecified atom stereocenters. The van der Waals surface area contributed by atoms with E-state index in [0.29, 0.717) is 19.6 Å². The molecule has 0 fully saturated rings. The number of nitrogens with one attached hydrogen (secondary N) is 1. The van der Waals surface area contributed by atoms with Gasteiger partial charge in [0, 0.05) is 20.1 Å². The van der Waals surface area contributed by atoms with Crippen molar-refractivity contribution in [3.05, 3.63) is 0 Å². The van der Waals surface area contributed by atoms with Gasteiger partial charge in [0.05, 0.1) is 6.61 Å². The molecular formula is C8H19NO2. The van der Waals surface area contributed by atoms with Crippen molar-refractivity contribution in [1.29, 1.82) is 0 Å². The molecule has 0 heterocycles. The Morgan fingerprint density at radius 2 is 2.00 bits per heavy atom. The number of carbonyl (C=O) groups is 1. The average Bonchev–Trinajstić information content (AvgIpc) is 2.05. The summed E-state index contributed by atoms with van der Waals surface area (Å²) in [4.78, 5) is 10.6. The van der Waals surface area contributed by atoms with E-state index in [4.69, 9.17) is 4.74 Å². The van der Waals surface area contributed by atoms with E-state index in [0.717, 1.165) is 0 Å². The fourth-order valence-corrected chi connectivity index (χ4v) is 0.480. The van der Waals surface area contributed by atoms with Gasteiger partial charge < -0.3 is 10.1 Å². The van der Waals surface area contributed by atoms with E-state index in [1.165, 1.54) is 0 Å². The first kappa shape index (κ1) is 13.1. The fraction of sp³-hybridized carbons (Fsp3) is 0.875. The number of amides is 1. The second-order valence-electron chi connectivity index (χ2n) is 1.70. The highest BCUT2D eigenvalue weighted by Gasteiger charge is 1.95. The van der Waals surface area contributed by atoms with Crippen molar-refractivity contribution in [3.8, 4) is 0 Å². The van der Waals surface area contributed by atoms with Crippen molar-refractivity contribution < 1.29 is 9.53 Å². The summed E-state index contributed by atoms with van der Waals surface area (Å²) in [5, 5.41) is 2.66. The summed E-state index contributed by atoms with van der Waals surface area (Å²) in [6.07, 6.45) is 0.463. The number of carbonyl (C=O) groups excluding carboxylic acids is 1. The van der Waals surface area contributed by atoms with Gasteiger partial charge in [-0.25, -0.2) is 0 Å². The molecule has 0 spiro atoms. The molecule has 3 heteroatoms. The third kappa shape index (κ3) is 12.6. The molecule has 0 saturated carbocycles. The van der Waals surface area contributed by atoms with E-state index in [1.54, 1.807) is 7.11 Å². The Kier molecular flexibility index (Phi) is 14.4. The van der Waals surface area contributed by atoms with Gasteiger partial charge in [-0.05, 0) is 6.92 Å². The molecule has 1 amide bonds. The summed E-state index contributed by atoms with van der Waals surface area (Å²) >= 11 is 0. The molecular weight excluding hydrogens is 142 g/mol. The van der Waals surface area contributed by atoms with Crippen LogP contribution in [-0.2, 0) is 9.53 Å². The lowest BCUT2D eigenvalue weighted by molar-refractivity contribution is -0.121. The molecule has 0 atom stereocenters. The van der Waals surface area contributed by atoms with E-state index in [1.807, 2.05) is 20.8 Å². The lowest BCUT2D eigenvalue weighted by atomic mass is 10.4. The van der Waals surface area contributed by atoms with Crippen LogP contribution in [-0.4, -0.2) is 26.2 Å². The smallest absolute Gasteiger partial charge is 0.222 e. The lowest BCUT2D eigenvalue weighted by Crippen LogP contribution is -2.23. The predicted molar refractivity (Wildman–Crippen MR) is 46.5 cm³/mol. The van der Waals surface area contributed by atoms with Crippen molar-refractivity contribution in [3.63, 3.8) is 0 Å². The Labute approximate surface area is 69.1 Å². The summed E-state index contributed by atoms with van der Waals surface area (Å²) in [7, 11) is 1.58. The highest BCUT2D eigenvalue weighted by molar-refractivity contribution is 5.75. The average molecular weight is 161 g/mol. The van der Waals surface area contributed by atoms with Gasteiger partial charge in [-0.2, -0.15) is 0 Å². The van der Waals surface area contributed by atoms with Crippen LogP contribution in [0.2, 0.25) is 0 Å². The third-order valence-electron chi connectivity index (χ3n) is 0.907. The minimum atomic E-state index is 0.0550. The van der Waals surface area contributed by atoms with Crippen LogP contribution < -0.4 is 5.32 Å². The van der Waals surface area contributed by atoms with Crippen LogP contribution in [0.25, 0.3) is 0 Å². The molecule has 0 aliphatic rings. The lowest BCUT2D eigenvalue weighted by Gasteiger charge is -1.98. The third-order valence-corrected chi connectivity index (χ3v) is 0.907. The molecule has 3 nitrogen and oxygen atoms in total. The predicted octanol–water partition coefficient (Wildman–Crippen LogP) is 1.19. The second kappa shape index (κ2) is 12.1. The van der Waals surface area contributed by atoms with Crippen molar-refractivity contribution in [2.45, 2.75) is 27.2 Å². The minimum absolute atomic E-state index is 0.0550. The largest absolute Gasteiger partial charge is 0.384 e. The van der Waals surface area contributed by atoms with Crippen LogP contribution in [0.1, 0.15) is 27.2 Å². The topological polar surface area (TPSA) is 38.3 Å². The molecule has 0 aromatic carbocycles. The van der Waals surface area contributed by atoms with Crippen molar-refractivity contribution in [1.82, 2.24) is 5.32 Å². The summed E-state index contributed by atoms with van der Waals surface area (Å²) < 4.78 is 4.70. The molecule has 1 N–H and O–H groups in total. The Balaban J connectivity index is 0. The van der Waals surface area contributed by atoms with E-state index < -0.39 is 0 Å². The maximum absolute atomic E-state index is 10.6. The standard InChI is InChI=1S/C6H13NO2.C2H6/c1-3-7-6(8)4-5-9-2;1-2/h3-5H2,1-2H3,(H,7,8);1-2H3. The van der Waals surface area contributed by atoms with Gasteiger partial charge in [0.2, 0.25) is 5.91 Å². The zero-order valence-corrected chi connectivity index (χ0v) is 7.94. The van der Waals surface area contributed by atoms with Gasteiger partial charge in [0.1, 0.15) is 0 Å². The number of rotatable bonds is 4. The summed E-state index contributed by atoms with van der Waals surface area (Å²) in [6, 6.07) is 0. The molecule has 0 aliphatic heterocycles. The van der Waals surface area contributed by atoms with Gasteiger partial charge in [-0.3, -0.25) is 4.79 Å². The number of hydrogen-bond donors (Lipinski definition) is 1. The number of methoxy groups -OCH3 is 1. The Morgan fingerprint density at radius 1 is 1.45 bits per heavy atom. The van der Waals surface area contributed by atoms with Gasteiger partial charge >= 0.3 is 0 Å². The van der Waals surface area contributed by atoms with Gasteiger partial charge in [-0.1, -0.05) is 13.8 Å². The van der Waals surface area contributed by atoms with Gasteiger partial charge in [0.25, 0.3) is 0 Å². The quantitative estimate of drug-likeness (QED) is 0.672. The molecule has 0 bridgehead atoms. The molecule has 0 aliphatic carbocycles. The molecule has 0 aromatic rings. The maximum atomic E-state index is 10.6. The Morgan fingerprint density at radius 3 is 2.36 bits per heavy atom. The van der Waals surface area contributed by atoms with Crippen LogP contribution in [0.15, 0.2) is 0 Å². The van der Waals surface area contributed by atoms with Crippen LogP contribution in [0.5, 0.6) is 0 Å². The number of ether oxygens (including phenoxy) is 1. The summed E-state index contributed by atoms with van der Waals surface area (Å²) in [5.74, 6) is 0.0550. The van der Waals surface area contributed by atoms with E-state index >= 15 is 0 Å². The number of hydrogen-bond acceptors (Lipinski definition) is 2. The van der Waals surface area contributed by atoms with E-state index in [-0.39, 0.29) is 5.91 Å². The van der Waals surface area contributed by atoms with Crippen LogP contribution >= 0.6 is 0 Å². The normalized spacial score (nSPS) is 8.00. The first-order valence-corrected chi connectivity index (χ1v) is 4.07. The highest BCUT2D eigenvalue weighted by Crippen LogP contribution is 1.78. The maximum Gasteiger partial charge on any atom is 0.222 e. The molecule has 0 saturated heterocycles. The zero-order chi connectivity index (χ0) is 9.11. The molecule has 0 radical (unpaired) electrons. The Hall–Kier alpha value is -0.570. The second-order valence-corrected chi connectivity index (χ2v) is 1.70. The van der Waals surface area contributed by atoms with Crippen LogP contribution in [0.4, 0.5) is 0 Å². The molecule has 11 heavy (non-hydrogen) atoms. The van der Waals surface area contributed by atoms with Crippen LogP contribution in [0.3, 0.4) is 0 Å². The summed E-state index contributed by atoms with van der Waals surface area (Å²) in [6.45, 7) is 7.10. The highest BCUT2D eigenvalue weighted by atomic mass is 16.5. The minimum Gasteiger partial charge on any atom is -0.384 e. The van der Waals surface area contributed by atoms with Crippen LogP contribution in [0, 0.1) is 0 Å². The SMILES string of the molecule is CC.CCNC(=O)CCOC. The fourth-order valence-electron chi connectivity index (χ4n) is 0.480. The van der Waals surface area contributed by atoms with Crippen molar-refractivity contribution >= 4 is 5.91 Å². The first-order chi connectivity index (χ1) is 5.31.